The standard InChI is InChI=1S/C23H31N7O3S/c1-14-15(27-20(31)22(32)29(2)3)5-4-6-16(14)34-21-19(25)28-18(11-26-21)30-9-7-23(8-10-30)13-33-12-17(23)24/h4-6,11,17H,7-10,12-13,24H2,1-3H3,(H2,25,28)(H,27,31). The summed E-state index contributed by atoms with van der Waals surface area (Å²) in [7, 11) is 3.07. The van der Waals surface area contributed by atoms with Crippen LogP contribution < -0.4 is 21.7 Å². The van der Waals surface area contributed by atoms with Gasteiger partial charge in [0.1, 0.15) is 10.8 Å². The molecule has 1 spiro atoms. The molecule has 34 heavy (non-hydrogen) atoms. The van der Waals surface area contributed by atoms with Crippen molar-refractivity contribution in [3.05, 3.63) is 30.0 Å². The SMILES string of the molecule is Cc1c(NC(=O)C(=O)N(C)C)cccc1Sc1ncc(N2CCC3(CC2)COCC3N)nc1N. The molecule has 2 aromatic rings. The van der Waals surface area contributed by atoms with Crippen molar-refractivity contribution in [3.63, 3.8) is 0 Å². The number of amides is 2. The van der Waals surface area contributed by atoms with E-state index in [1.807, 2.05) is 19.1 Å². The Hall–Kier alpha value is -2.89. The molecule has 0 bridgehead atoms. The van der Waals surface area contributed by atoms with Crippen LogP contribution in [0, 0.1) is 12.3 Å². The summed E-state index contributed by atoms with van der Waals surface area (Å²) in [6, 6.07) is 5.57. The highest BCUT2D eigenvalue weighted by Gasteiger charge is 2.44. The lowest BCUT2D eigenvalue weighted by Gasteiger charge is -2.41. The number of rotatable bonds is 4. The zero-order chi connectivity index (χ0) is 24.5. The second-order valence-electron chi connectivity index (χ2n) is 9.07. The minimum absolute atomic E-state index is 0.0698. The number of carbonyl (C=O) groups excluding carboxylic acids is 2. The Morgan fingerprint density at radius 2 is 2.03 bits per heavy atom. The van der Waals surface area contributed by atoms with Crippen LogP contribution in [0.4, 0.5) is 17.3 Å². The quantitative estimate of drug-likeness (QED) is 0.549. The Morgan fingerprint density at radius 3 is 2.65 bits per heavy atom. The normalized spacial score (nSPS) is 19.3. The summed E-state index contributed by atoms with van der Waals surface area (Å²) in [5, 5.41) is 3.26. The van der Waals surface area contributed by atoms with Crippen molar-refractivity contribution in [2.45, 2.75) is 35.7 Å². The van der Waals surface area contributed by atoms with E-state index in [0.29, 0.717) is 23.1 Å². The molecule has 5 N–H and O–H groups in total. The molecule has 0 saturated carbocycles. The van der Waals surface area contributed by atoms with Gasteiger partial charge in [0.15, 0.2) is 5.82 Å². The van der Waals surface area contributed by atoms with E-state index in [9.17, 15) is 9.59 Å². The molecular formula is C23H31N7O3S. The summed E-state index contributed by atoms with van der Waals surface area (Å²) in [6.45, 7) is 4.91. The predicted octanol–water partition coefficient (Wildman–Crippen LogP) is 1.49. The average molecular weight is 486 g/mol. The molecule has 11 heteroatoms. The van der Waals surface area contributed by atoms with Crippen LogP contribution in [0.15, 0.2) is 34.3 Å². The van der Waals surface area contributed by atoms with E-state index in [1.165, 1.54) is 30.8 Å². The van der Waals surface area contributed by atoms with E-state index in [0.717, 1.165) is 48.8 Å². The first-order valence-electron chi connectivity index (χ1n) is 11.2. The molecule has 1 aromatic carbocycles. The molecular weight excluding hydrogens is 454 g/mol. The molecule has 4 rings (SSSR count). The van der Waals surface area contributed by atoms with Crippen molar-refractivity contribution in [2.24, 2.45) is 11.1 Å². The summed E-state index contributed by atoms with van der Waals surface area (Å²) < 4.78 is 5.61. The third kappa shape index (κ3) is 4.82. The van der Waals surface area contributed by atoms with E-state index in [2.05, 4.69) is 20.2 Å². The van der Waals surface area contributed by atoms with Crippen molar-refractivity contribution in [1.82, 2.24) is 14.9 Å². The minimum atomic E-state index is -0.688. The lowest BCUT2D eigenvalue weighted by atomic mass is 9.75. The van der Waals surface area contributed by atoms with Crippen molar-refractivity contribution >= 4 is 40.9 Å². The van der Waals surface area contributed by atoms with E-state index in [1.54, 1.807) is 12.3 Å². The summed E-state index contributed by atoms with van der Waals surface area (Å²) >= 11 is 1.37. The number of hydrogen-bond acceptors (Lipinski definition) is 9. The molecule has 0 radical (unpaired) electrons. The third-order valence-corrected chi connectivity index (χ3v) is 7.82. The van der Waals surface area contributed by atoms with E-state index in [4.69, 9.17) is 16.2 Å². The van der Waals surface area contributed by atoms with Gasteiger partial charge in [-0.3, -0.25) is 9.59 Å². The van der Waals surface area contributed by atoms with Crippen LogP contribution in [-0.2, 0) is 14.3 Å². The highest BCUT2D eigenvalue weighted by molar-refractivity contribution is 7.99. The molecule has 182 valence electrons. The second-order valence-corrected chi connectivity index (χ2v) is 10.1. The first-order chi connectivity index (χ1) is 16.2. The lowest BCUT2D eigenvalue weighted by Crippen LogP contribution is -2.49. The highest BCUT2D eigenvalue weighted by atomic mass is 32.2. The monoisotopic (exact) mass is 485 g/mol. The van der Waals surface area contributed by atoms with Crippen molar-refractivity contribution in [2.75, 3.05) is 56.3 Å². The number of hydrogen-bond donors (Lipinski definition) is 3. The third-order valence-electron chi connectivity index (χ3n) is 6.65. The van der Waals surface area contributed by atoms with Crippen LogP contribution in [0.3, 0.4) is 0 Å². The molecule has 2 aliphatic heterocycles. The number of likely N-dealkylation sites (N-methyl/N-ethyl adjacent to an activating group) is 1. The maximum Gasteiger partial charge on any atom is 0.313 e. The smallest absolute Gasteiger partial charge is 0.313 e. The second kappa shape index (κ2) is 9.77. The Kier molecular flexibility index (Phi) is 6.96. The Balaban J connectivity index is 1.44. The van der Waals surface area contributed by atoms with Gasteiger partial charge in [-0.2, -0.15) is 0 Å². The highest BCUT2D eigenvalue weighted by Crippen LogP contribution is 2.40. The maximum absolute atomic E-state index is 12.1. The fourth-order valence-corrected chi connectivity index (χ4v) is 5.20. The zero-order valence-corrected chi connectivity index (χ0v) is 20.5. The summed E-state index contributed by atoms with van der Waals surface area (Å²) in [5.41, 5.74) is 14.0. The molecule has 2 aliphatic rings. The number of nitrogens with one attached hydrogen (secondary N) is 1. The lowest BCUT2D eigenvalue weighted by molar-refractivity contribution is -0.141. The van der Waals surface area contributed by atoms with Gasteiger partial charge in [0.2, 0.25) is 0 Å². The Labute approximate surface area is 203 Å². The molecule has 10 nitrogen and oxygen atoms in total. The van der Waals surface area contributed by atoms with E-state index < -0.39 is 11.8 Å². The minimum Gasteiger partial charge on any atom is -0.381 e. The molecule has 2 saturated heterocycles. The van der Waals surface area contributed by atoms with Gasteiger partial charge in [-0.1, -0.05) is 17.8 Å². The van der Waals surface area contributed by atoms with Crippen molar-refractivity contribution in [1.29, 1.82) is 0 Å². The first kappa shape index (κ1) is 24.2. The number of nitrogens with zero attached hydrogens (tertiary/aromatic N) is 4. The molecule has 0 aliphatic carbocycles. The molecule has 2 fully saturated rings. The maximum atomic E-state index is 12.1. The van der Waals surface area contributed by atoms with Gasteiger partial charge in [-0.15, -0.1) is 0 Å². The number of piperidine rings is 1. The first-order valence-corrected chi connectivity index (χ1v) is 12.0. The number of aromatic nitrogens is 2. The zero-order valence-electron chi connectivity index (χ0n) is 19.7. The fraction of sp³-hybridized carbons (Fsp3) is 0.478. The van der Waals surface area contributed by atoms with Gasteiger partial charge >= 0.3 is 11.8 Å². The van der Waals surface area contributed by atoms with Crippen molar-refractivity contribution in [3.8, 4) is 0 Å². The number of benzene rings is 1. The van der Waals surface area contributed by atoms with Crippen LogP contribution in [0.2, 0.25) is 0 Å². The molecule has 3 heterocycles. The van der Waals surface area contributed by atoms with E-state index in [-0.39, 0.29) is 11.5 Å². The van der Waals surface area contributed by atoms with Crippen LogP contribution in [-0.4, -0.2) is 73.1 Å². The Morgan fingerprint density at radius 1 is 1.29 bits per heavy atom. The van der Waals surface area contributed by atoms with Gasteiger partial charge < -0.3 is 31.3 Å². The van der Waals surface area contributed by atoms with Gasteiger partial charge in [0.25, 0.3) is 0 Å². The molecule has 2 amide bonds. The summed E-state index contributed by atoms with van der Waals surface area (Å²) in [6.07, 6.45) is 3.67. The fourth-order valence-electron chi connectivity index (χ4n) is 4.33. The van der Waals surface area contributed by atoms with Crippen LogP contribution in [0.5, 0.6) is 0 Å². The summed E-state index contributed by atoms with van der Waals surface area (Å²) in [5.74, 6) is -0.203. The number of anilines is 3. The number of nitrogens with two attached hydrogens (primary N) is 2. The van der Waals surface area contributed by atoms with Crippen molar-refractivity contribution < 1.29 is 14.3 Å². The predicted molar refractivity (Wildman–Crippen MR) is 132 cm³/mol. The Bertz CT molecular complexity index is 1090. The molecule has 1 unspecified atom stereocenters. The average Bonchev–Trinajstić information content (AvgIpc) is 3.16. The van der Waals surface area contributed by atoms with Gasteiger partial charge in [-0.05, 0) is 37.5 Å². The van der Waals surface area contributed by atoms with Crippen LogP contribution in [0.25, 0.3) is 0 Å². The van der Waals surface area contributed by atoms with Gasteiger partial charge in [0.05, 0.1) is 19.4 Å². The van der Waals surface area contributed by atoms with Gasteiger partial charge in [-0.25, -0.2) is 9.97 Å². The van der Waals surface area contributed by atoms with Crippen LogP contribution in [0.1, 0.15) is 18.4 Å². The largest absolute Gasteiger partial charge is 0.381 e. The van der Waals surface area contributed by atoms with E-state index >= 15 is 0 Å². The summed E-state index contributed by atoms with van der Waals surface area (Å²) in [4.78, 5) is 37.5. The topological polar surface area (TPSA) is 140 Å². The van der Waals surface area contributed by atoms with Gasteiger partial charge in [0, 0.05) is 49.2 Å². The molecule has 1 aromatic heterocycles. The number of nitrogen functional groups attached to an aromatic ring is 1. The number of ether oxygens (including phenoxy) is 1. The molecule has 1 atom stereocenters. The van der Waals surface area contributed by atoms with Crippen LogP contribution >= 0.6 is 11.8 Å². The number of carbonyl (C=O) groups is 2.